The first-order chi connectivity index (χ1) is 21.0. The number of ether oxygens (including phenoxy) is 5. The molecule has 4 unspecified atom stereocenters. The molecule has 1 heterocycles. The molecule has 1 saturated heterocycles. The average Bonchev–Trinajstić information content (AvgIpc) is 3.03. The van der Waals surface area contributed by atoms with Crippen molar-refractivity contribution in [2.24, 2.45) is 5.92 Å². The molecule has 1 fully saturated rings. The summed E-state index contributed by atoms with van der Waals surface area (Å²) >= 11 is 0. The van der Waals surface area contributed by atoms with E-state index in [-0.39, 0.29) is 12.5 Å². The van der Waals surface area contributed by atoms with Crippen LogP contribution in [0.5, 0.6) is 23.0 Å². The van der Waals surface area contributed by atoms with Crippen molar-refractivity contribution in [3.05, 3.63) is 47.5 Å². The van der Waals surface area contributed by atoms with E-state index in [1.807, 2.05) is 32.0 Å². The Morgan fingerprint density at radius 1 is 0.909 bits per heavy atom. The summed E-state index contributed by atoms with van der Waals surface area (Å²) in [6, 6.07) is 13.4. The molecule has 6 atom stereocenters. The van der Waals surface area contributed by atoms with E-state index < -0.39 is 42.0 Å². The normalized spacial score (nSPS) is 23.1. The first-order valence-corrected chi connectivity index (χ1v) is 14.5. The van der Waals surface area contributed by atoms with Crippen LogP contribution in [-0.2, 0) is 21.4 Å². The van der Waals surface area contributed by atoms with Crippen molar-refractivity contribution in [3.63, 3.8) is 0 Å². The number of aliphatic hydroxyl groups excluding tert-OH is 3. The molecule has 1 aliphatic heterocycles. The number of hydrogen-bond donors (Lipinski definition) is 4. The zero-order valence-electron chi connectivity index (χ0n) is 26.1. The third-order valence-electron chi connectivity index (χ3n) is 8.43. The number of benzene rings is 2. The number of carboxylic acids is 1. The van der Waals surface area contributed by atoms with Crippen LogP contribution in [0.25, 0.3) is 0 Å². The van der Waals surface area contributed by atoms with E-state index in [1.54, 1.807) is 37.3 Å². The summed E-state index contributed by atoms with van der Waals surface area (Å²) in [4.78, 5) is 13.6. The Labute approximate surface area is 258 Å². The summed E-state index contributed by atoms with van der Waals surface area (Å²) in [6.07, 6.45) is -6.76. The third-order valence-corrected chi connectivity index (χ3v) is 8.43. The molecule has 2 aromatic carbocycles. The summed E-state index contributed by atoms with van der Waals surface area (Å²) in [5, 5.41) is 51.8. The molecule has 0 saturated carbocycles. The Kier molecular flexibility index (Phi) is 12.2. The lowest BCUT2D eigenvalue weighted by Crippen LogP contribution is -2.64. The minimum Gasteiger partial charge on any atom is -0.493 e. The van der Waals surface area contributed by atoms with Gasteiger partial charge in [-0.25, -0.2) is 4.79 Å². The minimum atomic E-state index is -1.80. The van der Waals surface area contributed by atoms with Gasteiger partial charge in [-0.3, -0.25) is 4.90 Å². The largest absolute Gasteiger partial charge is 0.493 e. The lowest BCUT2D eigenvalue weighted by molar-refractivity contribution is -0.259. The van der Waals surface area contributed by atoms with Gasteiger partial charge < -0.3 is 44.1 Å². The Morgan fingerprint density at radius 2 is 1.50 bits per heavy atom. The van der Waals surface area contributed by atoms with Crippen LogP contribution in [0.1, 0.15) is 37.8 Å². The van der Waals surface area contributed by atoms with Crippen molar-refractivity contribution in [2.45, 2.75) is 69.2 Å². The number of carbonyl (C=O) groups is 1. The second-order valence-electron chi connectivity index (χ2n) is 11.1. The van der Waals surface area contributed by atoms with Gasteiger partial charge in [-0.2, -0.15) is 5.26 Å². The molecular weight excluding hydrogens is 572 g/mol. The number of aliphatic carboxylic acids is 1. The molecule has 3 rings (SSSR count). The molecule has 2 aromatic rings. The van der Waals surface area contributed by atoms with E-state index in [0.29, 0.717) is 48.8 Å². The van der Waals surface area contributed by atoms with Crippen LogP contribution in [0.15, 0.2) is 36.4 Å². The van der Waals surface area contributed by atoms with E-state index in [0.717, 1.165) is 11.1 Å². The maximum atomic E-state index is 11.8. The molecule has 0 radical (unpaired) electrons. The molecule has 242 valence electrons. The highest BCUT2D eigenvalue weighted by molar-refractivity contribution is 5.73. The fourth-order valence-electron chi connectivity index (χ4n) is 5.73. The number of hydrogen-bond acceptors (Lipinski definition) is 11. The van der Waals surface area contributed by atoms with Crippen molar-refractivity contribution < 1.29 is 48.9 Å². The molecule has 12 nitrogen and oxygen atoms in total. The van der Waals surface area contributed by atoms with Crippen LogP contribution >= 0.6 is 0 Å². The van der Waals surface area contributed by atoms with Crippen molar-refractivity contribution in [1.29, 1.82) is 5.26 Å². The molecular formula is C32H44N2O10. The first-order valence-electron chi connectivity index (χ1n) is 14.5. The minimum absolute atomic E-state index is 0.0873. The van der Waals surface area contributed by atoms with Gasteiger partial charge in [0, 0.05) is 13.1 Å². The maximum absolute atomic E-state index is 11.8. The van der Waals surface area contributed by atoms with Crippen LogP contribution in [-0.4, -0.2) is 103 Å². The number of nitriles is 1. The van der Waals surface area contributed by atoms with Crippen LogP contribution in [0.4, 0.5) is 0 Å². The summed E-state index contributed by atoms with van der Waals surface area (Å²) in [5.74, 6) is 0.622. The highest BCUT2D eigenvalue weighted by atomic mass is 16.6. The van der Waals surface area contributed by atoms with Gasteiger partial charge in [-0.05, 0) is 60.6 Å². The summed E-state index contributed by atoms with van der Waals surface area (Å²) < 4.78 is 27.3. The second-order valence-corrected chi connectivity index (χ2v) is 11.1. The van der Waals surface area contributed by atoms with Gasteiger partial charge in [0.15, 0.2) is 29.1 Å². The fraction of sp³-hybridized carbons (Fsp3) is 0.562. The molecule has 4 N–H and O–H groups in total. The SMILES string of the molecule is COc1ccc(CCN(CCCC(C#N)(c2ccc(OC)c(OC)c2)C(C)C)[C@H]2OC(C(=O)O)[C@H](O)C(O)C2O)cc1OC. The average molecular weight is 617 g/mol. The number of carboxylic acid groups (broad SMARTS) is 1. The summed E-state index contributed by atoms with van der Waals surface area (Å²) in [7, 11) is 6.15. The predicted octanol–water partition coefficient (Wildman–Crippen LogP) is 2.36. The van der Waals surface area contributed by atoms with Gasteiger partial charge in [-0.15, -0.1) is 0 Å². The van der Waals surface area contributed by atoms with E-state index in [1.165, 1.54) is 14.2 Å². The van der Waals surface area contributed by atoms with E-state index in [2.05, 4.69) is 6.07 Å². The van der Waals surface area contributed by atoms with Crippen LogP contribution in [0.3, 0.4) is 0 Å². The van der Waals surface area contributed by atoms with Gasteiger partial charge >= 0.3 is 5.97 Å². The number of methoxy groups -OCH3 is 4. The summed E-state index contributed by atoms with van der Waals surface area (Å²) in [6.45, 7) is 4.52. The smallest absolute Gasteiger partial charge is 0.335 e. The fourth-order valence-corrected chi connectivity index (χ4v) is 5.73. The quantitative estimate of drug-likeness (QED) is 0.231. The Bertz CT molecular complexity index is 1300. The number of aliphatic hydroxyl groups is 3. The monoisotopic (exact) mass is 616 g/mol. The van der Waals surface area contributed by atoms with Crippen molar-refractivity contribution in [1.82, 2.24) is 4.90 Å². The van der Waals surface area contributed by atoms with Gasteiger partial charge in [0.2, 0.25) is 0 Å². The number of nitrogens with zero attached hydrogens (tertiary/aromatic N) is 2. The topological polar surface area (TPSA) is 171 Å². The number of rotatable bonds is 15. The van der Waals surface area contributed by atoms with Crippen molar-refractivity contribution in [3.8, 4) is 29.1 Å². The van der Waals surface area contributed by atoms with Crippen LogP contribution in [0.2, 0.25) is 0 Å². The lowest BCUT2D eigenvalue weighted by atomic mass is 9.69. The summed E-state index contributed by atoms with van der Waals surface area (Å²) in [5.41, 5.74) is 0.745. The Balaban J connectivity index is 1.91. The zero-order valence-corrected chi connectivity index (χ0v) is 26.1. The van der Waals surface area contributed by atoms with Crippen molar-refractivity contribution >= 4 is 5.97 Å². The molecule has 0 bridgehead atoms. The molecule has 0 aromatic heterocycles. The zero-order chi connectivity index (χ0) is 32.6. The van der Waals surface area contributed by atoms with Gasteiger partial charge in [-0.1, -0.05) is 26.0 Å². The molecule has 44 heavy (non-hydrogen) atoms. The molecule has 0 amide bonds. The standard InChI is InChI=1S/C32H44N2O10/c1-19(2)32(18-33,21-9-11-23(41-4)25(17-21)43-6)13-7-14-34(15-12-20-8-10-22(40-3)24(16-20)42-5)30-28(37)26(35)27(36)29(44-30)31(38)39/h8-11,16-17,19,26-30,35-37H,7,12-15H2,1-6H3,(H,38,39)/t26?,27-,28?,29?,30+,32?/m1/s1. The van der Waals surface area contributed by atoms with Gasteiger partial charge in [0.25, 0.3) is 0 Å². The highest BCUT2D eigenvalue weighted by Crippen LogP contribution is 2.41. The van der Waals surface area contributed by atoms with Crippen molar-refractivity contribution in [2.75, 3.05) is 41.5 Å². The predicted molar refractivity (Wildman–Crippen MR) is 160 cm³/mol. The first kappa shape index (κ1) is 34.9. The van der Waals surface area contributed by atoms with Gasteiger partial charge in [0.1, 0.15) is 24.5 Å². The molecule has 1 aliphatic rings. The van der Waals surface area contributed by atoms with E-state index >= 15 is 0 Å². The van der Waals surface area contributed by atoms with E-state index in [4.69, 9.17) is 23.7 Å². The molecule has 12 heteroatoms. The second kappa shape index (κ2) is 15.4. The Hall–Kier alpha value is -3.60. The van der Waals surface area contributed by atoms with E-state index in [9.17, 15) is 30.5 Å². The van der Waals surface area contributed by atoms with Crippen LogP contribution in [0, 0.1) is 17.2 Å². The van der Waals surface area contributed by atoms with Crippen LogP contribution < -0.4 is 18.9 Å². The molecule has 0 spiro atoms. The van der Waals surface area contributed by atoms with Gasteiger partial charge in [0.05, 0.1) is 39.9 Å². The Morgan fingerprint density at radius 3 is 2.05 bits per heavy atom. The maximum Gasteiger partial charge on any atom is 0.335 e. The lowest BCUT2D eigenvalue weighted by Gasteiger charge is -2.44. The third kappa shape index (κ3) is 7.36. The highest BCUT2D eigenvalue weighted by Gasteiger charge is 2.48. The molecule has 0 aliphatic carbocycles.